The Morgan fingerprint density at radius 3 is 2.69 bits per heavy atom. The second-order valence-electron chi connectivity index (χ2n) is 5.85. The van der Waals surface area contributed by atoms with Crippen molar-refractivity contribution in [1.29, 1.82) is 0 Å². The third kappa shape index (κ3) is 3.65. The van der Waals surface area contributed by atoms with E-state index in [1.54, 1.807) is 42.8 Å². The molecule has 8 heteroatoms. The van der Waals surface area contributed by atoms with Crippen molar-refractivity contribution >= 4 is 28.9 Å². The number of carbonyl (C=O) groups is 1. The standard InChI is InChI=1S/C18H17N3O4S/c1-11-4-9-17(26-11)16(22)8-7-14-5-6-15(25-14)10-20-13(3)18(21(23)24)12(2)19-20/h4-9H,10H2,1-3H3/b8-7+. The first-order valence-corrected chi connectivity index (χ1v) is 8.72. The molecule has 3 aromatic rings. The minimum Gasteiger partial charge on any atom is -0.460 e. The molecule has 0 aliphatic heterocycles. The third-order valence-electron chi connectivity index (χ3n) is 3.90. The van der Waals surface area contributed by atoms with E-state index < -0.39 is 4.92 Å². The minimum absolute atomic E-state index is 0.0218. The maximum absolute atomic E-state index is 12.1. The molecule has 7 nitrogen and oxygen atoms in total. The number of thiophene rings is 1. The Labute approximate surface area is 153 Å². The molecule has 0 fully saturated rings. The van der Waals surface area contributed by atoms with E-state index >= 15 is 0 Å². The average molecular weight is 371 g/mol. The summed E-state index contributed by atoms with van der Waals surface area (Å²) in [5, 5.41) is 15.3. The lowest BCUT2D eigenvalue weighted by atomic mass is 10.3. The zero-order chi connectivity index (χ0) is 18.8. The number of nitrogens with zero attached hydrogens (tertiary/aromatic N) is 3. The molecule has 0 amide bonds. The highest BCUT2D eigenvalue weighted by atomic mass is 32.1. The molecule has 0 atom stereocenters. The maximum Gasteiger partial charge on any atom is 0.312 e. The molecular weight excluding hydrogens is 354 g/mol. The summed E-state index contributed by atoms with van der Waals surface area (Å²) in [4.78, 5) is 24.5. The first-order valence-electron chi connectivity index (χ1n) is 7.91. The van der Waals surface area contributed by atoms with Crippen molar-refractivity contribution in [3.05, 3.63) is 73.1 Å². The summed E-state index contributed by atoms with van der Waals surface area (Å²) < 4.78 is 7.22. The van der Waals surface area contributed by atoms with Crippen LogP contribution in [-0.2, 0) is 6.54 Å². The molecule has 0 bridgehead atoms. The third-order valence-corrected chi connectivity index (χ3v) is 4.91. The van der Waals surface area contributed by atoms with Gasteiger partial charge in [0.1, 0.15) is 22.9 Å². The van der Waals surface area contributed by atoms with Gasteiger partial charge in [-0.3, -0.25) is 19.6 Å². The van der Waals surface area contributed by atoms with Gasteiger partial charge < -0.3 is 4.42 Å². The van der Waals surface area contributed by atoms with E-state index in [2.05, 4.69) is 5.10 Å². The lowest BCUT2D eigenvalue weighted by Gasteiger charge is -2.00. The van der Waals surface area contributed by atoms with Crippen LogP contribution in [0.15, 0.2) is 34.8 Å². The number of carbonyl (C=O) groups excluding carboxylic acids is 1. The molecule has 0 aliphatic rings. The summed E-state index contributed by atoms with van der Waals surface area (Å²) in [6.45, 7) is 5.50. The SMILES string of the molecule is Cc1ccc(C(=O)/C=C/c2ccc(Cn3nc(C)c([N+](=O)[O-])c3C)o2)s1. The summed E-state index contributed by atoms with van der Waals surface area (Å²) >= 11 is 1.45. The predicted octanol–water partition coefficient (Wildman–Crippen LogP) is 4.32. The van der Waals surface area contributed by atoms with Gasteiger partial charge in [-0.25, -0.2) is 0 Å². The Morgan fingerprint density at radius 1 is 1.31 bits per heavy atom. The van der Waals surface area contributed by atoms with Gasteiger partial charge in [-0.05, 0) is 57.2 Å². The number of hydrogen-bond donors (Lipinski definition) is 0. The predicted molar refractivity (Wildman–Crippen MR) is 98.6 cm³/mol. The molecule has 0 saturated carbocycles. The van der Waals surface area contributed by atoms with Crippen LogP contribution in [0.25, 0.3) is 6.08 Å². The van der Waals surface area contributed by atoms with Crippen LogP contribution in [0.1, 0.15) is 37.5 Å². The monoisotopic (exact) mass is 371 g/mol. The lowest BCUT2D eigenvalue weighted by Crippen LogP contribution is -2.03. The summed E-state index contributed by atoms with van der Waals surface area (Å²) in [7, 11) is 0. The molecular formula is C18H17N3O4S. The Kier molecular flexibility index (Phi) is 4.85. The van der Waals surface area contributed by atoms with Crippen LogP contribution in [-0.4, -0.2) is 20.5 Å². The first kappa shape index (κ1) is 17.8. The number of hydrogen-bond acceptors (Lipinski definition) is 6. The van der Waals surface area contributed by atoms with Crippen LogP contribution in [0.4, 0.5) is 5.69 Å². The average Bonchev–Trinajstić information content (AvgIpc) is 3.26. The fourth-order valence-corrected chi connectivity index (χ4v) is 3.42. The molecule has 3 heterocycles. The number of furan rings is 1. The molecule has 0 saturated heterocycles. The van der Waals surface area contributed by atoms with Crippen molar-refractivity contribution in [2.24, 2.45) is 0 Å². The number of rotatable bonds is 6. The van der Waals surface area contributed by atoms with Gasteiger partial charge in [-0.15, -0.1) is 11.3 Å². The van der Waals surface area contributed by atoms with Gasteiger partial charge in [0.25, 0.3) is 0 Å². The van der Waals surface area contributed by atoms with Gasteiger partial charge in [-0.1, -0.05) is 0 Å². The Balaban J connectivity index is 1.72. The van der Waals surface area contributed by atoms with E-state index in [4.69, 9.17) is 4.42 Å². The molecule has 134 valence electrons. The second-order valence-corrected chi connectivity index (χ2v) is 7.13. The van der Waals surface area contributed by atoms with Crippen LogP contribution in [0, 0.1) is 30.9 Å². The first-order chi connectivity index (χ1) is 12.3. The number of aromatic nitrogens is 2. The van der Waals surface area contributed by atoms with Gasteiger partial charge in [0.05, 0.1) is 16.3 Å². The highest BCUT2D eigenvalue weighted by Crippen LogP contribution is 2.23. The quantitative estimate of drug-likeness (QED) is 0.279. The van der Waals surface area contributed by atoms with Gasteiger partial charge in [0.2, 0.25) is 0 Å². The van der Waals surface area contributed by atoms with Gasteiger partial charge >= 0.3 is 5.69 Å². The van der Waals surface area contributed by atoms with E-state index in [-0.39, 0.29) is 18.0 Å². The summed E-state index contributed by atoms with van der Waals surface area (Å²) in [5.41, 5.74) is 0.869. The number of nitro groups is 1. The molecule has 0 radical (unpaired) electrons. The fraction of sp³-hybridized carbons (Fsp3) is 0.222. The van der Waals surface area contributed by atoms with Crippen molar-refractivity contribution in [2.45, 2.75) is 27.3 Å². The van der Waals surface area contributed by atoms with Crippen molar-refractivity contribution in [2.75, 3.05) is 0 Å². The summed E-state index contributed by atoms with van der Waals surface area (Å²) in [6, 6.07) is 7.22. The largest absolute Gasteiger partial charge is 0.460 e. The van der Waals surface area contributed by atoms with E-state index in [0.29, 0.717) is 27.8 Å². The highest BCUT2D eigenvalue weighted by molar-refractivity contribution is 7.14. The number of allylic oxidation sites excluding steroid dienone is 1. The van der Waals surface area contributed by atoms with Crippen LogP contribution in [0.5, 0.6) is 0 Å². The van der Waals surface area contributed by atoms with Crippen molar-refractivity contribution in [3.8, 4) is 0 Å². The van der Waals surface area contributed by atoms with Crippen molar-refractivity contribution in [1.82, 2.24) is 9.78 Å². The topological polar surface area (TPSA) is 91.2 Å². The van der Waals surface area contributed by atoms with E-state index in [0.717, 1.165) is 4.88 Å². The molecule has 0 N–H and O–H groups in total. The zero-order valence-corrected chi connectivity index (χ0v) is 15.4. The van der Waals surface area contributed by atoms with Crippen LogP contribution >= 0.6 is 11.3 Å². The minimum atomic E-state index is -0.428. The summed E-state index contributed by atoms with van der Waals surface area (Å²) in [5.74, 6) is 1.07. The second kappa shape index (κ2) is 7.09. The van der Waals surface area contributed by atoms with Gasteiger partial charge in [0, 0.05) is 4.88 Å². The molecule has 0 aliphatic carbocycles. The molecule has 3 aromatic heterocycles. The number of aryl methyl sites for hydroxylation is 2. The maximum atomic E-state index is 12.1. The lowest BCUT2D eigenvalue weighted by molar-refractivity contribution is -0.386. The van der Waals surface area contributed by atoms with Gasteiger partial charge in [-0.2, -0.15) is 5.10 Å². The molecule has 26 heavy (non-hydrogen) atoms. The molecule has 0 aromatic carbocycles. The zero-order valence-electron chi connectivity index (χ0n) is 14.6. The highest BCUT2D eigenvalue weighted by Gasteiger charge is 2.22. The van der Waals surface area contributed by atoms with Gasteiger partial charge in [0.15, 0.2) is 5.78 Å². The summed E-state index contributed by atoms with van der Waals surface area (Å²) in [6.07, 6.45) is 3.09. The molecule has 0 spiro atoms. The van der Waals surface area contributed by atoms with Crippen molar-refractivity contribution in [3.63, 3.8) is 0 Å². The molecule has 0 unspecified atom stereocenters. The Hall–Kier alpha value is -3.00. The van der Waals surface area contributed by atoms with Crippen LogP contribution in [0.2, 0.25) is 0 Å². The Morgan fingerprint density at radius 2 is 2.08 bits per heavy atom. The van der Waals surface area contributed by atoms with Crippen LogP contribution in [0.3, 0.4) is 0 Å². The smallest absolute Gasteiger partial charge is 0.312 e. The van der Waals surface area contributed by atoms with Crippen molar-refractivity contribution < 1.29 is 14.1 Å². The normalized spacial score (nSPS) is 11.3. The Bertz CT molecular complexity index is 1010. The fourth-order valence-electron chi connectivity index (χ4n) is 2.63. The van der Waals surface area contributed by atoms with Crippen LogP contribution < -0.4 is 0 Å². The van der Waals surface area contributed by atoms with E-state index in [9.17, 15) is 14.9 Å². The van der Waals surface area contributed by atoms with E-state index in [1.165, 1.54) is 17.4 Å². The number of ketones is 1. The van der Waals surface area contributed by atoms with E-state index in [1.807, 2.05) is 13.0 Å². The molecule has 3 rings (SSSR count).